The number of pyridine rings is 1. The van der Waals surface area contributed by atoms with Gasteiger partial charge in [0.15, 0.2) is 0 Å². The highest BCUT2D eigenvalue weighted by Gasteiger charge is 2.16. The smallest absolute Gasteiger partial charge is 0.404 e. The number of carbonyl (C=O) groups excluding carboxylic acids is 2. The fourth-order valence-electron chi connectivity index (χ4n) is 2.38. The highest BCUT2D eigenvalue weighted by atomic mass is 16.5. The molecule has 0 spiro atoms. The molecule has 132 valence electrons. The number of aromatic nitrogens is 1. The molecule has 6 nitrogen and oxygen atoms in total. The number of amides is 2. The summed E-state index contributed by atoms with van der Waals surface area (Å²) in [5.74, 6) is 0.0312. The molecule has 0 saturated carbocycles. The molecule has 1 aromatic heterocycles. The minimum Gasteiger partial charge on any atom is -0.448 e. The third kappa shape index (κ3) is 5.91. The van der Waals surface area contributed by atoms with Crippen LogP contribution in [0.5, 0.6) is 0 Å². The Morgan fingerprint density at radius 1 is 1.16 bits per heavy atom. The van der Waals surface area contributed by atoms with Gasteiger partial charge in [0.1, 0.15) is 6.61 Å². The lowest BCUT2D eigenvalue weighted by Gasteiger charge is -2.18. The quantitative estimate of drug-likeness (QED) is 0.809. The van der Waals surface area contributed by atoms with Crippen LogP contribution in [0.2, 0.25) is 0 Å². The van der Waals surface area contributed by atoms with Crippen molar-refractivity contribution in [2.75, 3.05) is 6.61 Å². The Balaban J connectivity index is 2.05. The molecule has 1 atom stereocenters. The van der Waals surface area contributed by atoms with E-state index >= 15 is 0 Å². The fraction of sp³-hybridized carbons (Fsp3) is 0.316. The number of carbonyl (C=O) groups is 2. The number of hydrogen-bond donors (Lipinski definition) is 2. The van der Waals surface area contributed by atoms with Gasteiger partial charge in [0.2, 0.25) is 0 Å². The molecule has 0 fully saturated rings. The van der Waals surface area contributed by atoms with Crippen molar-refractivity contribution < 1.29 is 14.3 Å². The molecule has 0 aliphatic carbocycles. The Morgan fingerprint density at radius 3 is 2.44 bits per heavy atom. The van der Waals surface area contributed by atoms with Crippen LogP contribution in [0.4, 0.5) is 4.79 Å². The molecule has 0 saturated heterocycles. The Hall–Kier alpha value is -2.89. The summed E-state index contributed by atoms with van der Waals surface area (Å²) in [5.41, 5.74) is 7.44. The summed E-state index contributed by atoms with van der Waals surface area (Å²) >= 11 is 0. The Labute approximate surface area is 147 Å². The van der Waals surface area contributed by atoms with Gasteiger partial charge in [-0.05, 0) is 30.0 Å². The molecule has 1 aromatic carbocycles. The van der Waals surface area contributed by atoms with Crippen LogP contribution in [0.25, 0.3) is 0 Å². The first-order valence-corrected chi connectivity index (χ1v) is 8.18. The predicted octanol–water partition coefficient (Wildman–Crippen LogP) is 2.64. The number of primary amides is 1. The van der Waals surface area contributed by atoms with Crippen LogP contribution >= 0.6 is 0 Å². The predicted molar refractivity (Wildman–Crippen MR) is 95.3 cm³/mol. The molecule has 3 N–H and O–H groups in total. The van der Waals surface area contributed by atoms with E-state index in [1.54, 1.807) is 12.3 Å². The van der Waals surface area contributed by atoms with Gasteiger partial charge in [0.25, 0.3) is 5.91 Å². The van der Waals surface area contributed by atoms with Gasteiger partial charge < -0.3 is 15.8 Å². The monoisotopic (exact) mass is 341 g/mol. The molecule has 2 aromatic rings. The largest absolute Gasteiger partial charge is 0.448 e. The molecule has 6 heteroatoms. The van der Waals surface area contributed by atoms with Gasteiger partial charge in [0, 0.05) is 11.9 Å². The van der Waals surface area contributed by atoms with Crippen molar-refractivity contribution in [1.29, 1.82) is 0 Å². The van der Waals surface area contributed by atoms with Crippen molar-refractivity contribution in [1.82, 2.24) is 10.3 Å². The zero-order valence-electron chi connectivity index (χ0n) is 14.4. The second-order valence-electron chi connectivity index (χ2n) is 6.12. The van der Waals surface area contributed by atoms with Crippen LogP contribution in [0.15, 0.2) is 48.7 Å². The number of hydrogen-bond acceptors (Lipinski definition) is 4. The lowest BCUT2D eigenvalue weighted by atomic mass is 10.1. The minimum atomic E-state index is -0.865. The number of rotatable bonds is 7. The van der Waals surface area contributed by atoms with Crippen molar-refractivity contribution in [3.05, 3.63) is 65.5 Å². The number of benzene rings is 1. The number of nitrogens with zero attached hydrogens (tertiary/aromatic N) is 1. The number of ether oxygens (including phenoxy) is 1. The Morgan fingerprint density at radius 2 is 1.88 bits per heavy atom. The molecular weight excluding hydrogens is 318 g/mol. The Bertz CT molecular complexity index is 700. The van der Waals surface area contributed by atoms with Gasteiger partial charge in [-0.2, -0.15) is 0 Å². The fourth-order valence-corrected chi connectivity index (χ4v) is 2.38. The lowest BCUT2D eigenvalue weighted by molar-refractivity contribution is 0.0898. The van der Waals surface area contributed by atoms with E-state index in [0.29, 0.717) is 17.9 Å². The lowest BCUT2D eigenvalue weighted by Crippen LogP contribution is -2.41. The third-order valence-electron chi connectivity index (χ3n) is 3.73. The molecular formula is C19H23N3O3. The first kappa shape index (κ1) is 18.4. The zero-order chi connectivity index (χ0) is 18.2. The van der Waals surface area contributed by atoms with Gasteiger partial charge in [-0.15, -0.1) is 0 Å². The average Bonchev–Trinajstić information content (AvgIpc) is 2.60. The highest BCUT2D eigenvalue weighted by Crippen LogP contribution is 2.12. The van der Waals surface area contributed by atoms with Gasteiger partial charge in [-0.3, -0.25) is 9.78 Å². The van der Waals surface area contributed by atoms with Crippen LogP contribution < -0.4 is 11.1 Å². The van der Waals surface area contributed by atoms with E-state index in [1.807, 2.05) is 50.2 Å². The van der Waals surface area contributed by atoms with E-state index in [0.717, 1.165) is 11.3 Å². The molecule has 1 unspecified atom stereocenters. The summed E-state index contributed by atoms with van der Waals surface area (Å²) in [7, 11) is 0. The molecule has 0 bridgehead atoms. The molecule has 2 rings (SSSR count). The summed E-state index contributed by atoms with van der Waals surface area (Å²) in [6.07, 6.45) is 1.21. The van der Waals surface area contributed by atoms with E-state index in [-0.39, 0.29) is 18.6 Å². The second-order valence-corrected chi connectivity index (χ2v) is 6.12. The van der Waals surface area contributed by atoms with E-state index in [4.69, 9.17) is 10.5 Å². The summed E-state index contributed by atoms with van der Waals surface area (Å²) in [6, 6.07) is 12.8. The molecule has 2 amide bonds. The normalized spacial score (nSPS) is 11.8. The van der Waals surface area contributed by atoms with Crippen LogP contribution in [0, 0.1) is 0 Å². The zero-order valence-corrected chi connectivity index (χ0v) is 14.4. The highest BCUT2D eigenvalue weighted by molar-refractivity contribution is 5.94. The van der Waals surface area contributed by atoms with Crippen molar-refractivity contribution in [3.63, 3.8) is 0 Å². The van der Waals surface area contributed by atoms with Gasteiger partial charge in [-0.1, -0.05) is 44.2 Å². The van der Waals surface area contributed by atoms with Gasteiger partial charge in [-0.25, -0.2) is 4.79 Å². The first-order valence-electron chi connectivity index (χ1n) is 8.18. The molecule has 0 radical (unpaired) electrons. The SMILES string of the molecule is CC(C)c1ccc(C(=O)NC(COC(N)=O)Cc2ccccc2)cn1. The summed E-state index contributed by atoms with van der Waals surface area (Å²) in [6.45, 7) is 4.09. The van der Waals surface area contributed by atoms with E-state index in [2.05, 4.69) is 10.3 Å². The molecule has 0 aliphatic heterocycles. The van der Waals surface area contributed by atoms with Gasteiger partial charge in [0.05, 0.1) is 11.6 Å². The maximum atomic E-state index is 12.4. The summed E-state index contributed by atoms with van der Waals surface area (Å²) in [4.78, 5) is 27.6. The van der Waals surface area contributed by atoms with Crippen LogP contribution in [-0.4, -0.2) is 29.6 Å². The average molecular weight is 341 g/mol. The number of nitrogens with two attached hydrogens (primary N) is 1. The maximum Gasteiger partial charge on any atom is 0.404 e. The minimum absolute atomic E-state index is 0.00741. The standard InChI is InChI=1S/C19H23N3O3/c1-13(2)17-9-8-15(11-21-17)18(23)22-16(12-25-19(20)24)10-14-6-4-3-5-7-14/h3-9,11,13,16H,10,12H2,1-2H3,(H2,20,24)(H,22,23). The van der Waals surface area contributed by atoms with Crippen molar-refractivity contribution >= 4 is 12.0 Å². The maximum absolute atomic E-state index is 12.4. The van der Waals surface area contributed by atoms with E-state index in [9.17, 15) is 9.59 Å². The van der Waals surface area contributed by atoms with Crippen molar-refractivity contribution in [2.24, 2.45) is 5.73 Å². The van der Waals surface area contributed by atoms with Gasteiger partial charge >= 0.3 is 6.09 Å². The van der Waals surface area contributed by atoms with Crippen LogP contribution in [-0.2, 0) is 11.2 Å². The first-order chi connectivity index (χ1) is 12.0. The Kier molecular flexibility index (Phi) is 6.51. The van der Waals surface area contributed by atoms with E-state index < -0.39 is 6.09 Å². The molecule has 1 heterocycles. The van der Waals surface area contributed by atoms with E-state index in [1.165, 1.54) is 0 Å². The number of nitrogens with one attached hydrogen (secondary N) is 1. The third-order valence-corrected chi connectivity index (χ3v) is 3.73. The van der Waals surface area contributed by atoms with Crippen molar-refractivity contribution in [3.8, 4) is 0 Å². The van der Waals surface area contributed by atoms with Crippen molar-refractivity contribution in [2.45, 2.75) is 32.2 Å². The summed E-state index contributed by atoms with van der Waals surface area (Å²) < 4.78 is 4.87. The van der Waals surface area contributed by atoms with Crippen LogP contribution in [0.1, 0.15) is 41.4 Å². The molecule has 0 aliphatic rings. The second kappa shape index (κ2) is 8.82. The molecule has 25 heavy (non-hydrogen) atoms. The van der Waals surface area contributed by atoms with Crippen LogP contribution in [0.3, 0.4) is 0 Å². The topological polar surface area (TPSA) is 94.3 Å². The summed E-state index contributed by atoms with van der Waals surface area (Å²) in [5, 5.41) is 2.87.